The van der Waals surface area contributed by atoms with Gasteiger partial charge in [-0.1, -0.05) is 38.5 Å². The minimum Gasteiger partial charge on any atom is -0.319 e. The molecule has 1 amide bonds. The normalized spacial score (nSPS) is 19.5. The van der Waals surface area contributed by atoms with E-state index in [9.17, 15) is 13.6 Å². The molecule has 1 saturated carbocycles. The highest BCUT2D eigenvalue weighted by atomic mass is 19.1. The van der Waals surface area contributed by atoms with Crippen LogP contribution in [0.25, 0.3) is 5.57 Å². The molecule has 0 spiro atoms. The summed E-state index contributed by atoms with van der Waals surface area (Å²) in [6.45, 7) is 6.90. The molecule has 0 aromatic carbocycles. The number of anilines is 1. The Morgan fingerprint density at radius 3 is 2.78 bits per heavy atom. The summed E-state index contributed by atoms with van der Waals surface area (Å²) in [6, 6.07) is 6.75. The van der Waals surface area contributed by atoms with Crippen molar-refractivity contribution in [2.45, 2.75) is 45.4 Å². The van der Waals surface area contributed by atoms with Crippen LogP contribution in [-0.4, -0.2) is 22.5 Å². The average Bonchev–Trinajstić information content (AvgIpc) is 2.82. The van der Waals surface area contributed by atoms with Gasteiger partial charge in [-0.2, -0.15) is 0 Å². The van der Waals surface area contributed by atoms with Crippen LogP contribution < -0.4 is 5.32 Å². The second-order valence-electron chi connectivity index (χ2n) is 8.43. The van der Waals surface area contributed by atoms with Gasteiger partial charge in [0.1, 0.15) is 18.2 Å². The van der Waals surface area contributed by atoms with Gasteiger partial charge in [-0.15, -0.1) is 0 Å². The minimum absolute atomic E-state index is 0.0285. The number of hydrogen-bond acceptors (Lipinski definition) is 3. The molecule has 2 aromatic rings. The summed E-state index contributed by atoms with van der Waals surface area (Å²) in [6.07, 6.45) is 10.5. The summed E-state index contributed by atoms with van der Waals surface area (Å²) in [7, 11) is 0. The molecule has 6 heteroatoms. The van der Waals surface area contributed by atoms with E-state index in [-0.39, 0.29) is 17.0 Å². The first-order valence-corrected chi connectivity index (χ1v) is 10.9. The molecule has 1 N–H and O–H groups in total. The topological polar surface area (TPSA) is 54.9 Å². The lowest BCUT2D eigenvalue weighted by atomic mass is 9.78. The number of carbonyl (C=O) groups excluding carboxylic acids is 1. The summed E-state index contributed by atoms with van der Waals surface area (Å²) < 4.78 is 26.9. The van der Waals surface area contributed by atoms with Crippen LogP contribution in [0.4, 0.5) is 14.5 Å². The summed E-state index contributed by atoms with van der Waals surface area (Å²) in [5, 5.41) is 2.93. The number of nitrogens with zero attached hydrogens (tertiary/aromatic N) is 2. The zero-order valence-corrected chi connectivity index (χ0v) is 18.6. The molecule has 3 rings (SSSR count). The van der Waals surface area contributed by atoms with E-state index < -0.39 is 18.4 Å². The monoisotopic (exact) mass is 437 g/mol. The van der Waals surface area contributed by atoms with Crippen molar-refractivity contribution in [1.29, 1.82) is 0 Å². The number of pyridine rings is 2. The third-order valence-corrected chi connectivity index (χ3v) is 5.78. The maximum Gasteiger partial charge on any atom is 0.274 e. The van der Waals surface area contributed by atoms with Crippen molar-refractivity contribution in [2.24, 2.45) is 5.92 Å². The summed E-state index contributed by atoms with van der Waals surface area (Å²) >= 11 is 0. The van der Waals surface area contributed by atoms with Gasteiger partial charge < -0.3 is 5.32 Å². The molecular weight excluding hydrogens is 408 g/mol. The van der Waals surface area contributed by atoms with E-state index in [0.29, 0.717) is 23.1 Å². The van der Waals surface area contributed by atoms with Crippen LogP contribution >= 0.6 is 0 Å². The number of allylic oxidation sites excluding steroid dienone is 5. The lowest BCUT2D eigenvalue weighted by Crippen LogP contribution is -2.18. The molecule has 2 heterocycles. The fraction of sp³-hybridized carbons (Fsp3) is 0.346. The predicted molar refractivity (Wildman–Crippen MR) is 125 cm³/mol. The van der Waals surface area contributed by atoms with Crippen molar-refractivity contribution >= 4 is 17.2 Å². The Balaban J connectivity index is 1.78. The van der Waals surface area contributed by atoms with Crippen molar-refractivity contribution in [1.82, 2.24) is 9.97 Å². The molecule has 2 atom stereocenters. The van der Waals surface area contributed by atoms with Gasteiger partial charge in [-0.05, 0) is 67.0 Å². The Hall–Kier alpha value is -3.15. The number of carbonyl (C=O) groups is 1. The van der Waals surface area contributed by atoms with Crippen LogP contribution in [0.5, 0.6) is 0 Å². The highest BCUT2D eigenvalue weighted by Crippen LogP contribution is 2.38. The van der Waals surface area contributed by atoms with Crippen molar-refractivity contribution in [3.05, 3.63) is 83.7 Å². The van der Waals surface area contributed by atoms with Gasteiger partial charge in [0.2, 0.25) is 0 Å². The number of alkyl halides is 1. The maximum absolute atomic E-state index is 14.4. The largest absolute Gasteiger partial charge is 0.319 e. The number of amides is 1. The Morgan fingerprint density at radius 2 is 2.03 bits per heavy atom. The molecule has 1 fully saturated rings. The molecule has 0 unspecified atom stereocenters. The van der Waals surface area contributed by atoms with Gasteiger partial charge in [-0.3, -0.25) is 9.78 Å². The molecule has 0 saturated heterocycles. The van der Waals surface area contributed by atoms with Gasteiger partial charge in [0.05, 0.1) is 17.6 Å². The molecule has 1 aliphatic carbocycles. The first-order valence-electron chi connectivity index (χ1n) is 10.9. The molecule has 1 aliphatic rings. The van der Waals surface area contributed by atoms with Crippen LogP contribution in [0.3, 0.4) is 0 Å². The highest BCUT2D eigenvalue weighted by molar-refractivity contribution is 6.03. The zero-order chi connectivity index (χ0) is 23.1. The molecule has 0 aliphatic heterocycles. The number of nitrogens with one attached hydrogen (secondary N) is 1. The summed E-state index contributed by atoms with van der Waals surface area (Å²) in [4.78, 5) is 21.4. The standard InChI is InChI=1S/C26H29F2N3O/c1-17-6-4-7-20(14-17)21-12-13-29-16-25(21)31-26(32)24-9-5-8-23(30-24)19(3)22(28)11-10-18(2)15-27/h5,8-13,16-17,20H,3-4,6-7,14-15H2,1-2H3,(H,31,32)/b18-10-,22-11+/t17-,20+/m1/s1. The van der Waals surface area contributed by atoms with E-state index >= 15 is 0 Å². The highest BCUT2D eigenvalue weighted by Gasteiger charge is 2.23. The quantitative estimate of drug-likeness (QED) is 0.484. The lowest BCUT2D eigenvalue weighted by Gasteiger charge is -2.28. The van der Waals surface area contributed by atoms with Crippen molar-refractivity contribution in [2.75, 3.05) is 12.0 Å². The Labute approximate surface area is 188 Å². The Bertz CT molecular complexity index is 1040. The van der Waals surface area contributed by atoms with Gasteiger partial charge in [0.15, 0.2) is 0 Å². The number of aromatic nitrogens is 2. The van der Waals surface area contributed by atoms with Gasteiger partial charge in [-0.25, -0.2) is 13.8 Å². The second-order valence-corrected chi connectivity index (χ2v) is 8.43. The van der Waals surface area contributed by atoms with E-state index in [1.54, 1.807) is 37.5 Å². The predicted octanol–water partition coefficient (Wildman–Crippen LogP) is 6.81. The third-order valence-electron chi connectivity index (χ3n) is 5.78. The van der Waals surface area contributed by atoms with Crippen LogP contribution in [-0.2, 0) is 0 Å². The fourth-order valence-corrected chi connectivity index (χ4v) is 3.98. The van der Waals surface area contributed by atoms with Gasteiger partial charge in [0, 0.05) is 11.8 Å². The summed E-state index contributed by atoms with van der Waals surface area (Å²) in [5.41, 5.74) is 2.59. The van der Waals surface area contributed by atoms with E-state index in [4.69, 9.17) is 0 Å². The fourth-order valence-electron chi connectivity index (χ4n) is 3.98. The molecule has 2 aromatic heterocycles. The molecule has 168 valence electrons. The van der Waals surface area contributed by atoms with E-state index in [1.165, 1.54) is 18.9 Å². The van der Waals surface area contributed by atoms with Crippen molar-refractivity contribution in [3.63, 3.8) is 0 Å². The maximum atomic E-state index is 14.4. The molecule has 0 radical (unpaired) electrons. The smallest absolute Gasteiger partial charge is 0.274 e. The Morgan fingerprint density at radius 1 is 1.25 bits per heavy atom. The van der Waals surface area contributed by atoms with Gasteiger partial charge in [0.25, 0.3) is 5.91 Å². The number of hydrogen-bond donors (Lipinski definition) is 1. The van der Waals surface area contributed by atoms with Crippen molar-refractivity contribution < 1.29 is 13.6 Å². The van der Waals surface area contributed by atoms with E-state index in [0.717, 1.165) is 24.5 Å². The third kappa shape index (κ3) is 5.96. The first kappa shape index (κ1) is 23.5. The van der Waals surface area contributed by atoms with E-state index in [2.05, 4.69) is 28.8 Å². The van der Waals surface area contributed by atoms with Crippen LogP contribution in [0.15, 0.2) is 66.8 Å². The van der Waals surface area contributed by atoms with E-state index in [1.807, 2.05) is 6.07 Å². The SMILES string of the molecule is C=C(/C(F)=C\C=C(\C)CF)c1cccc(C(=O)Nc2cnccc2[C@H]2CCC[C@@H](C)C2)n1. The Kier molecular flexibility index (Phi) is 8.03. The molecular formula is C26H29F2N3O. The van der Waals surface area contributed by atoms with Gasteiger partial charge >= 0.3 is 0 Å². The molecule has 0 bridgehead atoms. The van der Waals surface area contributed by atoms with Crippen molar-refractivity contribution in [3.8, 4) is 0 Å². The first-order chi connectivity index (χ1) is 15.4. The number of rotatable bonds is 7. The van der Waals surface area contributed by atoms with Crippen LogP contribution in [0.2, 0.25) is 0 Å². The average molecular weight is 438 g/mol. The molecule has 4 nitrogen and oxygen atoms in total. The second kappa shape index (κ2) is 10.9. The lowest BCUT2D eigenvalue weighted by molar-refractivity contribution is 0.102. The minimum atomic E-state index is -0.653. The number of halogens is 2. The zero-order valence-electron chi connectivity index (χ0n) is 18.6. The van der Waals surface area contributed by atoms with Crippen LogP contribution in [0, 0.1) is 5.92 Å². The molecule has 32 heavy (non-hydrogen) atoms. The van der Waals surface area contributed by atoms with Crippen LogP contribution in [0.1, 0.15) is 67.2 Å². The summed E-state index contributed by atoms with van der Waals surface area (Å²) in [5.74, 6) is 0.0108.